The van der Waals surface area contributed by atoms with Gasteiger partial charge < -0.3 is 10.1 Å². The van der Waals surface area contributed by atoms with Crippen molar-refractivity contribution in [2.24, 2.45) is 5.92 Å². The summed E-state index contributed by atoms with van der Waals surface area (Å²) >= 11 is 0. The van der Waals surface area contributed by atoms with E-state index in [1.165, 1.54) is 51.4 Å². The summed E-state index contributed by atoms with van der Waals surface area (Å²) in [4.78, 5) is 0. The molecule has 0 aliphatic carbocycles. The third kappa shape index (κ3) is 8.10. The Morgan fingerprint density at radius 3 is 2.50 bits per heavy atom. The van der Waals surface area contributed by atoms with Crippen LogP contribution in [0.5, 0.6) is 0 Å². The molecule has 1 aliphatic heterocycles. The summed E-state index contributed by atoms with van der Waals surface area (Å²) in [7, 11) is 0. The first-order valence-corrected chi connectivity index (χ1v) is 8.07. The fraction of sp³-hybridized carbons (Fsp3) is 1.00. The normalized spacial score (nSPS) is 22.7. The monoisotopic (exact) mass is 255 g/mol. The molecule has 2 heteroatoms. The van der Waals surface area contributed by atoms with Crippen LogP contribution in [-0.2, 0) is 4.74 Å². The van der Waals surface area contributed by atoms with Crippen molar-refractivity contribution in [2.75, 3.05) is 13.2 Å². The lowest BCUT2D eigenvalue weighted by molar-refractivity contribution is 0.131. The molecule has 0 spiro atoms. The number of hydrogen-bond acceptors (Lipinski definition) is 2. The highest BCUT2D eigenvalue weighted by atomic mass is 16.5. The van der Waals surface area contributed by atoms with Gasteiger partial charge in [0.1, 0.15) is 0 Å². The molecule has 108 valence electrons. The van der Waals surface area contributed by atoms with Crippen LogP contribution in [0.25, 0.3) is 0 Å². The SMILES string of the molecule is CCCCOCC1NC1CCCCCCC(C)C. The molecule has 1 fully saturated rings. The lowest BCUT2D eigenvalue weighted by atomic mass is 10.0. The molecule has 0 aromatic heterocycles. The highest BCUT2D eigenvalue weighted by Gasteiger charge is 2.34. The van der Waals surface area contributed by atoms with Crippen molar-refractivity contribution >= 4 is 0 Å². The van der Waals surface area contributed by atoms with Gasteiger partial charge in [0.2, 0.25) is 0 Å². The van der Waals surface area contributed by atoms with Crippen molar-refractivity contribution in [1.82, 2.24) is 5.32 Å². The van der Waals surface area contributed by atoms with Crippen molar-refractivity contribution in [3.8, 4) is 0 Å². The minimum Gasteiger partial charge on any atom is -0.380 e. The van der Waals surface area contributed by atoms with Crippen molar-refractivity contribution < 1.29 is 4.74 Å². The van der Waals surface area contributed by atoms with Crippen molar-refractivity contribution in [2.45, 2.75) is 84.2 Å². The van der Waals surface area contributed by atoms with E-state index in [4.69, 9.17) is 4.74 Å². The van der Waals surface area contributed by atoms with Gasteiger partial charge in [0.15, 0.2) is 0 Å². The summed E-state index contributed by atoms with van der Waals surface area (Å²) in [6.07, 6.45) is 10.8. The summed E-state index contributed by atoms with van der Waals surface area (Å²) in [5, 5.41) is 3.53. The van der Waals surface area contributed by atoms with Gasteiger partial charge in [-0.3, -0.25) is 0 Å². The minimum atomic E-state index is 0.664. The molecule has 0 aromatic rings. The van der Waals surface area contributed by atoms with Crippen LogP contribution in [-0.4, -0.2) is 25.3 Å². The van der Waals surface area contributed by atoms with Crippen LogP contribution in [0.15, 0.2) is 0 Å². The molecule has 2 atom stereocenters. The Labute approximate surface area is 114 Å². The first-order chi connectivity index (χ1) is 8.74. The standard InChI is InChI=1S/C16H33NO/c1-4-5-12-18-13-16-15(17-16)11-9-7-6-8-10-14(2)3/h14-17H,4-13H2,1-3H3. The quantitative estimate of drug-likeness (QED) is 0.420. The average molecular weight is 255 g/mol. The van der Waals surface area contributed by atoms with E-state index in [1.807, 2.05) is 0 Å². The van der Waals surface area contributed by atoms with E-state index >= 15 is 0 Å². The van der Waals surface area contributed by atoms with E-state index in [-0.39, 0.29) is 0 Å². The summed E-state index contributed by atoms with van der Waals surface area (Å²) in [5.74, 6) is 0.875. The fourth-order valence-corrected chi connectivity index (χ4v) is 2.40. The predicted octanol–water partition coefficient (Wildman–Crippen LogP) is 4.14. The molecule has 1 saturated heterocycles. The molecule has 0 radical (unpaired) electrons. The first-order valence-electron chi connectivity index (χ1n) is 8.07. The second-order valence-corrected chi connectivity index (χ2v) is 6.19. The maximum absolute atomic E-state index is 5.64. The lowest BCUT2D eigenvalue weighted by Crippen LogP contribution is -2.06. The molecule has 0 amide bonds. The van der Waals surface area contributed by atoms with Gasteiger partial charge in [-0.05, 0) is 18.8 Å². The second kappa shape index (κ2) is 9.80. The number of ether oxygens (including phenoxy) is 1. The zero-order chi connectivity index (χ0) is 13.2. The lowest BCUT2D eigenvalue weighted by Gasteiger charge is -2.04. The van der Waals surface area contributed by atoms with E-state index in [2.05, 4.69) is 26.1 Å². The third-order valence-electron chi connectivity index (χ3n) is 3.79. The number of unbranched alkanes of at least 4 members (excludes halogenated alkanes) is 4. The van der Waals surface area contributed by atoms with Gasteiger partial charge in [-0.15, -0.1) is 0 Å². The van der Waals surface area contributed by atoms with E-state index < -0.39 is 0 Å². The van der Waals surface area contributed by atoms with Gasteiger partial charge in [-0.1, -0.05) is 59.3 Å². The predicted molar refractivity (Wildman–Crippen MR) is 79.0 cm³/mol. The maximum atomic E-state index is 5.64. The largest absolute Gasteiger partial charge is 0.380 e. The Morgan fingerprint density at radius 1 is 1.00 bits per heavy atom. The molecule has 1 rings (SSSR count). The van der Waals surface area contributed by atoms with Gasteiger partial charge in [0.25, 0.3) is 0 Å². The van der Waals surface area contributed by atoms with Gasteiger partial charge in [0, 0.05) is 18.7 Å². The first kappa shape index (κ1) is 16.0. The molecule has 2 nitrogen and oxygen atoms in total. The van der Waals surface area contributed by atoms with Gasteiger partial charge in [0.05, 0.1) is 6.61 Å². The fourth-order valence-electron chi connectivity index (χ4n) is 2.40. The molecule has 1 aliphatic rings. The van der Waals surface area contributed by atoms with Crippen molar-refractivity contribution in [3.63, 3.8) is 0 Å². The van der Waals surface area contributed by atoms with Crippen LogP contribution in [0.4, 0.5) is 0 Å². The summed E-state index contributed by atoms with van der Waals surface area (Å²) in [6, 6.07) is 1.43. The Bertz CT molecular complexity index is 194. The number of rotatable bonds is 12. The smallest absolute Gasteiger partial charge is 0.0634 e. The molecule has 0 bridgehead atoms. The molecule has 0 aromatic carbocycles. The van der Waals surface area contributed by atoms with E-state index in [0.717, 1.165) is 25.2 Å². The highest BCUT2D eigenvalue weighted by molar-refractivity contribution is 4.97. The second-order valence-electron chi connectivity index (χ2n) is 6.19. The summed E-state index contributed by atoms with van der Waals surface area (Å²) < 4.78 is 5.64. The molecule has 1 heterocycles. The van der Waals surface area contributed by atoms with E-state index in [9.17, 15) is 0 Å². The van der Waals surface area contributed by atoms with Crippen LogP contribution < -0.4 is 5.32 Å². The zero-order valence-electron chi connectivity index (χ0n) is 12.7. The Hall–Kier alpha value is -0.0800. The molecule has 18 heavy (non-hydrogen) atoms. The Kier molecular flexibility index (Phi) is 8.70. The van der Waals surface area contributed by atoms with E-state index in [1.54, 1.807) is 0 Å². The van der Waals surface area contributed by atoms with Crippen LogP contribution in [0.1, 0.15) is 72.1 Å². The van der Waals surface area contributed by atoms with Gasteiger partial charge in [-0.25, -0.2) is 0 Å². The van der Waals surface area contributed by atoms with Crippen LogP contribution >= 0.6 is 0 Å². The Balaban J connectivity index is 1.79. The van der Waals surface area contributed by atoms with Crippen LogP contribution in [0, 0.1) is 5.92 Å². The molecular weight excluding hydrogens is 222 g/mol. The van der Waals surface area contributed by atoms with Crippen molar-refractivity contribution in [1.29, 1.82) is 0 Å². The summed E-state index contributed by atoms with van der Waals surface area (Å²) in [6.45, 7) is 8.71. The molecule has 2 unspecified atom stereocenters. The summed E-state index contributed by atoms with van der Waals surface area (Å²) in [5.41, 5.74) is 0. The van der Waals surface area contributed by atoms with Crippen LogP contribution in [0.2, 0.25) is 0 Å². The van der Waals surface area contributed by atoms with Gasteiger partial charge >= 0.3 is 0 Å². The number of nitrogens with one attached hydrogen (secondary N) is 1. The maximum Gasteiger partial charge on any atom is 0.0634 e. The highest BCUT2D eigenvalue weighted by Crippen LogP contribution is 2.19. The number of hydrogen-bond donors (Lipinski definition) is 1. The van der Waals surface area contributed by atoms with Crippen molar-refractivity contribution in [3.05, 3.63) is 0 Å². The molecule has 0 saturated carbocycles. The minimum absolute atomic E-state index is 0.664. The van der Waals surface area contributed by atoms with Crippen LogP contribution in [0.3, 0.4) is 0 Å². The third-order valence-corrected chi connectivity index (χ3v) is 3.79. The zero-order valence-corrected chi connectivity index (χ0v) is 12.7. The molecule has 1 N–H and O–H groups in total. The average Bonchev–Trinajstić information content (AvgIpc) is 3.07. The Morgan fingerprint density at radius 2 is 1.78 bits per heavy atom. The van der Waals surface area contributed by atoms with E-state index in [0.29, 0.717) is 6.04 Å². The molecular formula is C16H33NO. The topological polar surface area (TPSA) is 31.2 Å². The van der Waals surface area contributed by atoms with Gasteiger partial charge in [-0.2, -0.15) is 0 Å².